The summed E-state index contributed by atoms with van der Waals surface area (Å²) in [6, 6.07) is 0. The van der Waals surface area contributed by atoms with Crippen LogP contribution in [0.15, 0.2) is 6.33 Å². The zero-order valence-electron chi connectivity index (χ0n) is 7.94. The summed E-state index contributed by atoms with van der Waals surface area (Å²) in [6.07, 6.45) is 5.90. The highest BCUT2D eigenvalue weighted by Gasteiger charge is 2.01. The van der Waals surface area contributed by atoms with Gasteiger partial charge in [-0.15, -0.1) is 0 Å². The summed E-state index contributed by atoms with van der Waals surface area (Å²) < 4.78 is 1.91. The Labute approximate surface area is 78.0 Å². The van der Waals surface area contributed by atoms with Crippen LogP contribution in [-0.2, 0) is 17.8 Å². The molecule has 0 atom stereocenters. The molecule has 1 rings (SSSR count). The van der Waals surface area contributed by atoms with Crippen molar-refractivity contribution in [2.24, 2.45) is 0 Å². The van der Waals surface area contributed by atoms with Crippen LogP contribution in [0.4, 0.5) is 0 Å². The summed E-state index contributed by atoms with van der Waals surface area (Å²) in [6.45, 7) is 3.02. The van der Waals surface area contributed by atoms with Gasteiger partial charge in [-0.05, 0) is 12.8 Å². The highest BCUT2D eigenvalue weighted by Crippen LogP contribution is 2.01. The zero-order chi connectivity index (χ0) is 9.52. The largest absolute Gasteiger partial charge is 0.303 e. The Morgan fingerprint density at radius 3 is 3.15 bits per heavy atom. The SMILES string of the molecule is CCCn1ncnc1CCCC=O. The predicted octanol–water partition coefficient (Wildman–Crippen LogP) is 1.21. The molecule has 1 heterocycles. The van der Waals surface area contributed by atoms with Crippen molar-refractivity contribution >= 4 is 6.29 Å². The third-order valence-electron chi connectivity index (χ3n) is 1.85. The molecule has 4 heteroatoms. The van der Waals surface area contributed by atoms with Gasteiger partial charge in [0.15, 0.2) is 0 Å². The van der Waals surface area contributed by atoms with Gasteiger partial charge in [0.1, 0.15) is 18.4 Å². The topological polar surface area (TPSA) is 47.8 Å². The number of hydrogen-bond acceptors (Lipinski definition) is 3. The fraction of sp³-hybridized carbons (Fsp3) is 0.667. The molecule has 0 bridgehead atoms. The number of aryl methyl sites for hydroxylation is 2. The Morgan fingerprint density at radius 2 is 2.46 bits per heavy atom. The van der Waals surface area contributed by atoms with Gasteiger partial charge in [0.25, 0.3) is 0 Å². The van der Waals surface area contributed by atoms with Gasteiger partial charge >= 0.3 is 0 Å². The number of carbonyl (C=O) groups is 1. The minimum absolute atomic E-state index is 0.610. The van der Waals surface area contributed by atoms with Crippen LogP contribution in [0, 0.1) is 0 Å². The first-order chi connectivity index (χ1) is 6.38. The van der Waals surface area contributed by atoms with Crippen molar-refractivity contribution in [2.45, 2.75) is 39.2 Å². The summed E-state index contributed by atoms with van der Waals surface area (Å²) in [5.74, 6) is 0.990. The summed E-state index contributed by atoms with van der Waals surface area (Å²) in [7, 11) is 0. The fourth-order valence-electron chi connectivity index (χ4n) is 1.22. The summed E-state index contributed by atoms with van der Waals surface area (Å²) in [4.78, 5) is 14.2. The third-order valence-corrected chi connectivity index (χ3v) is 1.85. The number of unbranched alkanes of at least 4 members (excludes halogenated alkanes) is 1. The maximum absolute atomic E-state index is 10.1. The summed E-state index contributed by atoms with van der Waals surface area (Å²) in [5.41, 5.74) is 0. The molecule has 0 aliphatic rings. The second kappa shape index (κ2) is 5.45. The average molecular weight is 181 g/mol. The Morgan fingerprint density at radius 1 is 1.62 bits per heavy atom. The van der Waals surface area contributed by atoms with E-state index in [-0.39, 0.29) is 0 Å². The van der Waals surface area contributed by atoms with E-state index in [1.54, 1.807) is 6.33 Å². The lowest BCUT2D eigenvalue weighted by Crippen LogP contribution is -2.05. The van der Waals surface area contributed by atoms with E-state index in [9.17, 15) is 4.79 Å². The molecule has 72 valence electrons. The van der Waals surface area contributed by atoms with Gasteiger partial charge in [0.05, 0.1) is 0 Å². The molecular formula is C9H15N3O. The first kappa shape index (κ1) is 9.89. The number of aromatic nitrogens is 3. The van der Waals surface area contributed by atoms with Crippen LogP contribution in [0.3, 0.4) is 0 Å². The fourth-order valence-corrected chi connectivity index (χ4v) is 1.22. The number of carbonyl (C=O) groups excluding carboxylic acids is 1. The molecular weight excluding hydrogens is 166 g/mol. The minimum Gasteiger partial charge on any atom is -0.303 e. The van der Waals surface area contributed by atoms with Gasteiger partial charge in [-0.2, -0.15) is 5.10 Å². The standard InChI is InChI=1S/C9H15N3O/c1-2-6-12-9(10-8-11-12)5-3-4-7-13/h7-8H,2-6H2,1H3. The van der Waals surface area contributed by atoms with E-state index in [1.807, 2.05) is 4.68 Å². The lowest BCUT2D eigenvalue weighted by Gasteiger charge is -2.02. The molecule has 0 aromatic carbocycles. The lowest BCUT2D eigenvalue weighted by molar-refractivity contribution is -0.107. The Balaban J connectivity index is 2.44. The number of nitrogens with zero attached hydrogens (tertiary/aromatic N) is 3. The molecule has 0 radical (unpaired) electrons. The van der Waals surface area contributed by atoms with Crippen LogP contribution in [0.25, 0.3) is 0 Å². The van der Waals surface area contributed by atoms with Gasteiger partial charge in [0, 0.05) is 19.4 Å². The van der Waals surface area contributed by atoms with Gasteiger partial charge in [-0.1, -0.05) is 6.92 Å². The molecule has 13 heavy (non-hydrogen) atoms. The van der Waals surface area contributed by atoms with Crippen molar-refractivity contribution in [1.29, 1.82) is 0 Å². The molecule has 0 saturated carbocycles. The molecule has 0 unspecified atom stereocenters. The van der Waals surface area contributed by atoms with Crippen LogP contribution in [0.1, 0.15) is 32.0 Å². The van der Waals surface area contributed by atoms with E-state index in [1.165, 1.54) is 0 Å². The predicted molar refractivity (Wildman–Crippen MR) is 49.3 cm³/mol. The van der Waals surface area contributed by atoms with Crippen LogP contribution in [0.5, 0.6) is 0 Å². The zero-order valence-corrected chi connectivity index (χ0v) is 7.94. The van der Waals surface area contributed by atoms with Crippen molar-refractivity contribution in [2.75, 3.05) is 0 Å². The summed E-state index contributed by atoms with van der Waals surface area (Å²) in [5, 5.41) is 4.10. The molecule has 0 N–H and O–H groups in total. The van der Waals surface area contributed by atoms with Crippen molar-refractivity contribution in [3.8, 4) is 0 Å². The smallest absolute Gasteiger partial charge is 0.138 e. The lowest BCUT2D eigenvalue weighted by atomic mass is 10.2. The molecule has 0 saturated heterocycles. The number of rotatable bonds is 6. The molecule has 0 spiro atoms. The molecule has 1 aromatic rings. The van der Waals surface area contributed by atoms with E-state index in [4.69, 9.17) is 0 Å². The van der Waals surface area contributed by atoms with Gasteiger partial charge in [-0.3, -0.25) is 4.68 Å². The second-order valence-corrected chi connectivity index (χ2v) is 2.96. The van der Waals surface area contributed by atoms with Crippen molar-refractivity contribution in [3.05, 3.63) is 12.2 Å². The molecule has 0 aliphatic carbocycles. The van der Waals surface area contributed by atoms with Crippen LogP contribution in [-0.4, -0.2) is 21.1 Å². The quantitative estimate of drug-likeness (QED) is 0.489. The maximum atomic E-state index is 10.1. The van der Waals surface area contributed by atoms with Crippen LogP contribution >= 0.6 is 0 Å². The second-order valence-electron chi connectivity index (χ2n) is 2.96. The van der Waals surface area contributed by atoms with E-state index in [0.29, 0.717) is 6.42 Å². The highest BCUT2D eigenvalue weighted by atomic mass is 16.1. The third kappa shape index (κ3) is 2.97. The highest BCUT2D eigenvalue weighted by molar-refractivity contribution is 5.49. The van der Waals surface area contributed by atoms with Gasteiger partial charge in [0.2, 0.25) is 0 Å². The average Bonchev–Trinajstić information content (AvgIpc) is 2.54. The Hall–Kier alpha value is -1.19. The molecule has 1 aromatic heterocycles. The van der Waals surface area contributed by atoms with Gasteiger partial charge in [-0.25, -0.2) is 4.98 Å². The monoisotopic (exact) mass is 181 g/mol. The normalized spacial score (nSPS) is 10.2. The van der Waals surface area contributed by atoms with E-state index < -0.39 is 0 Å². The van der Waals surface area contributed by atoms with Crippen LogP contribution < -0.4 is 0 Å². The summed E-state index contributed by atoms with van der Waals surface area (Å²) >= 11 is 0. The molecule has 0 aliphatic heterocycles. The first-order valence-electron chi connectivity index (χ1n) is 4.68. The number of aldehydes is 1. The molecule has 4 nitrogen and oxygen atoms in total. The van der Waals surface area contributed by atoms with E-state index in [2.05, 4.69) is 17.0 Å². The minimum atomic E-state index is 0.610. The first-order valence-corrected chi connectivity index (χ1v) is 4.68. The van der Waals surface area contributed by atoms with Crippen molar-refractivity contribution in [1.82, 2.24) is 14.8 Å². The van der Waals surface area contributed by atoms with Gasteiger partial charge < -0.3 is 4.79 Å². The Bertz CT molecular complexity index is 257. The van der Waals surface area contributed by atoms with Crippen molar-refractivity contribution in [3.63, 3.8) is 0 Å². The van der Waals surface area contributed by atoms with E-state index in [0.717, 1.165) is 37.9 Å². The van der Waals surface area contributed by atoms with Crippen molar-refractivity contribution < 1.29 is 4.79 Å². The Kier molecular flexibility index (Phi) is 4.15. The maximum Gasteiger partial charge on any atom is 0.138 e. The number of hydrogen-bond donors (Lipinski definition) is 0. The molecule has 0 amide bonds. The van der Waals surface area contributed by atoms with Crippen LogP contribution in [0.2, 0.25) is 0 Å². The molecule has 0 fully saturated rings. The van der Waals surface area contributed by atoms with E-state index >= 15 is 0 Å².